The maximum absolute atomic E-state index is 13.9. The van der Waals surface area contributed by atoms with Crippen LogP contribution in [-0.4, -0.2) is 266 Å². The number of carbonyl (C=O) groups is 7. The molecule has 0 saturated carbocycles. The lowest BCUT2D eigenvalue weighted by molar-refractivity contribution is -0.139. The number of anilines is 1. The Morgan fingerprint density at radius 1 is 0.650 bits per heavy atom. The quantitative estimate of drug-likeness (QED) is 0.00910. The number of halogens is 4. The lowest BCUT2D eigenvalue weighted by Gasteiger charge is -2.38. The standard InChI is InChI=1S/C81H113F4N9O22S/c1-7-24-92(25-11-23-87-80(101)116-81(4,5)6)78(99)62-47-61-19-18-60(49-67(61)90-69(86)50-62)59-12-8-13-64(48-59)117(102,103)93-53-58(54-93)52-88-79(100)114-55-57-16-20-63(21-17-57)89-77(98)74(56(2)3)91-76(97)68-14-9-26-94(68)70(95)15-10-27-104-29-31-106-33-35-108-37-39-110-41-43-112-45-46-113-44-42-111-40-38-109-36-34-107-32-30-105-28-22-71(96)115-75-72(84)65(82)51-66(83)73(75)85/h8,12-13,16-21,47-49,51,56,58,68,74H,7,9-11,14-15,22-46,50,52-55H2,1-6H3,(H2,86,90)(H,87,101)(H,88,100)(H,89,98)(H,91,97)/t68-,74-/m0/s1. The highest BCUT2D eigenvalue weighted by molar-refractivity contribution is 7.89. The molecule has 0 spiro atoms. The summed E-state index contributed by atoms with van der Waals surface area (Å²) in [7, 11) is -3.90. The normalized spacial score (nSPS) is 14.7. The van der Waals surface area contributed by atoms with Gasteiger partial charge in [-0.25, -0.2) is 31.8 Å². The van der Waals surface area contributed by atoms with E-state index in [1.54, 1.807) is 79.1 Å². The van der Waals surface area contributed by atoms with Crippen molar-refractivity contribution in [1.82, 2.24) is 30.1 Å². The van der Waals surface area contributed by atoms with E-state index in [1.165, 1.54) is 10.4 Å². The number of nitrogens with one attached hydrogen (secondary N) is 4. The van der Waals surface area contributed by atoms with Crippen molar-refractivity contribution in [3.05, 3.63) is 113 Å². The van der Waals surface area contributed by atoms with Crippen LogP contribution in [0.4, 0.5) is 38.5 Å². The van der Waals surface area contributed by atoms with Crippen LogP contribution in [0.5, 0.6) is 5.75 Å². The van der Waals surface area contributed by atoms with Crippen molar-refractivity contribution in [3.63, 3.8) is 0 Å². The number of fused-ring (bicyclic) bond motifs is 1. The third-order valence-electron chi connectivity index (χ3n) is 18.1. The molecule has 4 aromatic carbocycles. The Morgan fingerprint density at radius 2 is 1.21 bits per heavy atom. The highest BCUT2D eigenvalue weighted by Crippen LogP contribution is 2.35. The van der Waals surface area contributed by atoms with Gasteiger partial charge in [0, 0.05) is 94.1 Å². The van der Waals surface area contributed by atoms with Gasteiger partial charge in [0.25, 0.3) is 0 Å². The van der Waals surface area contributed by atoms with Crippen LogP contribution < -0.4 is 31.7 Å². The first-order valence-corrected chi connectivity index (χ1v) is 40.9. The van der Waals surface area contributed by atoms with E-state index in [-0.39, 0.29) is 106 Å². The van der Waals surface area contributed by atoms with Gasteiger partial charge in [0.2, 0.25) is 51.0 Å². The summed E-state index contributed by atoms with van der Waals surface area (Å²) < 4.78 is 153. The molecule has 648 valence electrons. The molecule has 31 nitrogen and oxygen atoms in total. The van der Waals surface area contributed by atoms with Crippen LogP contribution in [0.15, 0.2) is 88.3 Å². The number of likely N-dealkylation sites (tertiary alicyclic amines) is 1. The molecule has 3 aliphatic heterocycles. The Bertz CT molecular complexity index is 3980. The lowest BCUT2D eigenvalue weighted by atomic mass is 10.0. The van der Waals surface area contributed by atoms with E-state index in [0.29, 0.717) is 197 Å². The molecule has 0 unspecified atom stereocenters. The molecular formula is C81H113F4N9O22S. The van der Waals surface area contributed by atoms with E-state index in [0.717, 1.165) is 6.42 Å². The molecule has 0 aliphatic carbocycles. The molecule has 6 amide bonds. The molecule has 4 aromatic rings. The molecule has 2 fully saturated rings. The average molecular weight is 1670 g/mol. The lowest BCUT2D eigenvalue weighted by Crippen LogP contribution is -2.53. The Morgan fingerprint density at radius 3 is 1.76 bits per heavy atom. The van der Waals surface area contributed by atoms with Gasteiger partial charge in [-0.2, -0.15) is 13.1 Å². The number of nitrogens with zero attached hydrogens (tertiary/aromatic N) is 4. The number of ether oxygens (including phenoxy) is 13. The molecule has 7 rings (SSSR count). The zero-order valence-corrected chi connectivity index (χ0v) is 68.4. The topological polar surface area (TPSA) is 370 Å². The summed E-state index contributed by atoms with van der Waals surface area (Å²) in [4.78, 5) is 99.3. The number of alkyl carbamates (subject to hydrolysis) is 2. The van der Waals surface area contributed by atoms with Crippen molar-refractivity contribution >= 4 is 75.1 Å². The van der Waals surface area contributed by atoms with E-state index < -0.39 is 93.1 Å². The number of aliphatic imine (C=N–C) groups is 1. The summed E-state index contributed by atoms with van der Waals surface area (Å²) in [5.74, 6) is -11.0. The number of sulfonamides is 1. The third-order valence-corrected chi connectivity index (χ3v) is 19.9. The summed E-state index contributed by atoms with van der Waals surface area (Å²) in [6, 6.07) is 17.2. The van der Waals surface area contributed by atoms with Crippen molar-refractivity contribution in [2.45, 2.75) is 122 Å². The number of esters is 1. The smallest absolute Gasteiger partial charge is 0.407 e. The summed E-state index contributed by atoms with van der Waals surface area (Å²) in [6.45, 7) is 19.3. The maximum atomic E-state index is 13.9. The van der Waals surface area contributed by atoms with Gasteiger partial charge in [-0.15, -0.1) is 0 Å². The first-order valence-electron chi connectivity index (χ1n) is 39.5. The van der Waals surface area contributed by atoms with Gasteiger partial charge in [-0.3, -0.25) is 24.0 Å². The van der Waals surface area contributed by atoms with E-state index in [9.17, 15) is 59.5 Å². The Kier molecular flexibility index (Phi) is 41.4. The van der Waals surface area contributed by atoms with Crippen molar-refractivity contribution in [2.24, 2.45) is 22.6 Å². The fraction of sp³-hybridized carbons (Fsp3) is 0.580. The van der Waals surface area contributed by atoms with E-state index in [4.69, 9.17) is 62.6 Å². The molecular weight excluding hydrogens is 1560 g/mol. The number of carbonyl (C=O) groups excluding carboxylic acids is 7. The molecule has 117 heavy (non-hydrogen) atoms. The van der Waals surface area contributed by atoms with Crippen LogP contribution in [0, 0.1) is 35.1 Å². The molecule has 0 radical (unpaired) electrons. The number of benzene rings is 4. The van der Waals surface area contributed by atoms with Crippen LogP contribution in [0.3, 0.4) is 0 Å². The van der Waals surface area contributed by atoms with Crippen LogP contribution in [0.1, 0.15) is 104 Å². The summed E-state index contributed by atoms with van der Waals surface area (Å²) in [6.07, 6.45) is 3.27. The van der Waals surface area contributed by atoms with Gasteiger partial charge in [0.15, 0.2) is 11.6 Å². The molecule has 0 bridgehead atoms. The Labute approximate surface area is 680 Å². The minimum atomic E-state index is -3.90. The van der Waals surface area contributed by atoms with Crippen LogP contribution in [-0.2, 0) is 97.4 Å². The van der Waals surface area contributed by atoms with E-state index >= 15 is 0 Å². The number of nitrogens with two attached hydrogens (primary N) is 1. The minimum Gasteiger partial charge on any atom is -0.445 e. The Hall–Kier alpha value is -8.79. The summed E-state index contributed by atoms with van der Waals surface area (Å²) >= 11 is 0. The first kappa shape index (κ1) is 95.4. The monoisotopic (exact) mass is 1670 g/mol. The van der Waals surface area contributed by atoms with Crippen molar-refractivity contribution in [3.8, 4) is 16.9 Å². The molecule has 2 saturated heterocycles. The second kappa shape index (κ2) is 50.9. The zero-order chi connectivity index (χ0) is 84.5. The predicted octanol–water partition coefficient (Wildman–Crippen LogP) is 8.40. The molecule has 3 heterocycles. The van der Waals surface area contributed by atoms with E-state index in [1.807, 2.05) is 39.0 Å². The predicted molar refractivity (Wildman–Crippen MR) is 422 cm³/mol. The van der Waals surface area contributed by atoms with Gasteiger partial charge < -0.3 is 98.4 Å². The zero-order valence-electron chi connectivity index (χ0n) is 67.5. The molecule has 6 N–H and O–H groups in total. The minimum absolute atomic E-state index is 0.00872. The van der Waals surface area contributed by atoms with Crippen LogP contribution >= 0.6 is 0 Å². The number of hydrogen-bond donors (Lipinski definition) is 5. The van der Waals surface area contributed by atoms with Crippen LogP contribution in [0.25, 0.3) is 17.2 Å². The summed E-state index contributed by atoms with van der Waals surface area (Å²) in [5.41, 5.74) is 9.86. The van der Waals surface area contributed by atoms with E-state index in [2.05, 4.69) is 31.0 Å². The highest BCUT2D eigenvalue weighted by atomic mass is 32.2. The molecule has 3 aliphatic rings. The fourth-order valence-corrected chi connectivity index (χ4v) is 13.7. The summed E-state index contributed by atoms with van der Waals surface area (Å²) in [5, 5.41) is 11.2. The SMILES string of the molecule is CCCN(CCCNC(=O)OC(C)(C)C)C(=O)C1=Cc2ccc(-c3cccc(S(=O)(=O)N4CC(CNC(=O)OCc5ccc(NC(=O)[C@@H](NC(=O)[C@@H]6CCCN6C(=O)CCCOCCOCCOCCOCCOCCOCCOCCOCCOCCOCCC(=O)Oc6c(F)c(F)cc(F)c6F)C(C)C)cc5)C4)c3)cc2N=C(N)C1. The number of rotatable bonds is 54. The maximum Gasteiger partial charge on any atom is 0.407 e. The molecule has 0 aromatic heterocycles. The molecule has 36 heteroatoms. The second-order valence-corrected chi connectivity index (χ2v) is 30.8. The largest absolute Gasteiger partial charge is 0.445 e. The van der Waals surface area contributed by atoms with Crippen molar-refractivity contribution in [2.75, 3.05) is 183 Å². The number of amides is 6. The van der Waals surface area contributed by atoms with Gasteiger partial charge in [0.1, 0.15) is 30.1 Å². The fourth-order valence-electron chi connectivity index (χ4n) is 12.1. The number of hydrogen-bond acceptors (Lipinski definition) is 24. The second-order valence-electron chi connectivity index (χ2n) is 28.9. The average Bonchev–Trinajstić information content (AvgIpc) is 1.05. The number of amidine groups is 1. The van der Waals surface area contributed by atoms with Crippen LogP contribution in [0.2, 0.25) is 0 Å². The Balaban J connectivity index is 0.654. The van der Waals surface area contributed by atoms with Crippen molar-refractivity contribution in [1.29, 1.82) is 0 Å². The van der Waals surface area contributed by atoms with Gasteiger partial charge in [-0.1, -0.05) is 57.2 Å². The first-order chi connectivity index (χ1) is 56.2. The van der Waals surface area contributed by atoms with Gasteiger partial charge in [-0.05, 0) is 112 Å². The third kappa shape index (κ3) is 33.9. The van der Waals surface area contributed by atoms with Crippen molar-refractivity contribution < 1.29 is 121 Å². The van der Waals surface area contributed by atoms with Gasteiger partial charge in [0.05, 0.1) is 143 Å². The van der Waals surface area contributed by atoms with Gasteiger partial charge >= 0.3 is 18.2 Å². The highest BCUT2D eigenvalue weighted by Gasteiger charge is 2.39. The molecule has 2 atom stereocenters.